The van der Waals surface area contributed by atoms with Gasteiger partial charge in [-0.25, -0.2) is 9.37 Å². The summed E-state index contributed by atoms with van der Waals surface area (Å²) >= 11 is 0. The van der Waals surface area contributed by atoms with E-state index in [2.05, 4.69) is 22.7 Å². The van der Waals surface area contributed by atoms with Gasteiger partial charge in [-0.2, -0.15) is 0 Å². The van der Waals surface area contributed by atoms with Crippen LogP contribution in [0.5, 0.6) is 0 Å². The first kappa shape index (κ1) is 12.9. The molecular weight excluding hydrogens is 251 g/mol. The lowest BCUT2D eigenvalue weighted by molar-refractivity contribution is 0.626. The molecule has 0 saturated heterocycles. The molecule has 1 aromatic heterocycles. The molecule has 2 nitrogen and oxygen atoms in total. The minimum absolute atomic E-state index is 0.177. The van der Waals surface area contributed by atoms with E-state index >= 15 is 0 Å². The van der Waals surface area contributed by atoms with Gasteiger partial charge in [0.1, 0.15) is 11.6 Å². The van der Waals surface area contributed by atoms with Crippen molar-refractivity contribution in [3.05, 3.63) is 65.7 Å². The van der Waals surface area contributed by atoms with Gasteiger partial charge < -0.3 is 4.57 Å². The molecule has 2 aromatic carbocycles. The summed E-state index contributed by atoms with van der Waals surface area (Å²) in [5, 5.41) is 0. The quantitative estimate of drug-likeness (QED) is 0.702. The van der Waals surface area contributed by atoms with Crippen molar-refractivity contribution in [2.24, 2.45) is 7.05 Å². The van der Waals surface area contributed by atoms with Gasteiger partial charge >= 0.3 is 0 Å². The first-order valence-electron chi connectivity index (χ1n) is 6.89. The SMILES string of the molecule is Cn1c(CCCc2ccc(F)cc2)nc2ccccc21. The van der Waals surface area contributed by atoms with E-state index in [0.717, 1.165) is 30.6 Å². The molecule has 0 N–H and O–H groups in total. The highest BCUT2D eigenvalue weighted by atomic mass is 19.1. The van der Waals surface area contributed by atoms with E-state index in [0.29, 0.717) is 0 Å². The summed E-state index contributed by atoms with van der Waals surface area (Å²) in [6.45, 7) is 0. The van der Waals surface area contributed by atoms with E-state index < -0.39 is 0 Å². The molecule has 0 atom stereocenters. The highest BCUT2D eigenvalue weighted by Gasteiger charge is 2.06. The second-order valence-corrected chi connectivity index (χ2v) is 5.06. The van der Waals surface area contributed by atoms with Crippen molar-refractivity contribution in [3.63, 3.8) is 0 Å². The number of rotatable bonds is 4. The Labute approximate surface area is 117 Å². The number of hydrogen-bond donors (Lipinski definition) is 0. The predicted molar refractivity (Wildman–Crippen MR) is 79.1 cm³/mol. The molecule has 20 heavy (non-hydrogen) atoms. The normalized spacial score (nSPS) is 11.1. The van der Waals surface area contributed by atoms with Crippen LogP contribution >= 0.6 is 0 Å². The molecule has 1 heterocycles. The summed E-state index contributed by atoms with van der Waals surface area (Å²) in [7, 11) is 2.06. The van der Waals surface area contributed by atoms with Crippen LogP contribution in [0.2, 0.25) is 0 Å². The smallest absolute Gasteiger partial charge is 0.123 e. The minimum atomic E-state index is -0.177. The predicted octanol–water partition coefficient (Wildman–Crippen LogP) is 3.89. The molecule has 0 aliphatic carbocycles. The maximum absolute atomic E-state index is 12.8. The van der Waals surface area contributed by atoms with E-state index in [1.165, 1.54) is 23.2 Å². The van der Waals surface area contributed by atoms with E-state index in [1.807, 2.05) is 30.3 Å². The Morgan fingerprint density at radius 3 is 2.50 bits per heavy atom. The first-order valence-corrected chi connectivity index (χ1v) is 6.89. The number of halogens is 1. The Morgan fingerprint density at radius 2 is 1.75 bits per heavy atom. The fourth-order valence-electron chi connectivity index (χ4n) is 2.52. The Morgan fingerprint density at radius 1 is 1.00 bits per heavy atom. The van der Waals surface area contributed by atoms with E-state index in [1.54, 1.807) is 0 Å². The zero-order valence-electron chi connectivity index (χ0n) is 11.5. The first-order chi connectivity index (χ1) is 9.74. The Bertz CT molecular complexity index is 713. The maximum atomic E-state index is 12.8. The molecule has 3 heteroatoms. The summed E-state index contributed by atoms with van der Waals surface area (Å²) < 4.78 is 15.0. The van der Waals surface area contributed by atoms with E-state index in [9.17, 15) is 4.39 Å². The number of fused-ring (bicyclic) bond motifs is 1. The fraction of sp³-hybridized carbons (Fsp3) is 0.235. The fourth-order valence-corrected chi connectivity index (χ4v) is 2.52. The van der Waals surface area contributed by atoms with Crippen molar-refractivity contribution in [2.75, 3.05) is 0 Å². The molecule has 102 valence electrons. The van der Waals surface area contributed by atoms with Gasteiger partial charge in [0.2, 0.25) is 0 Å². The summed E-state index contributed by atoms with van der Waals surface area (Å²) in [5.41, 5.74) is 3.39. The van der Waals surface area contributed by atoms with Gasteiger partial charge in [0.25, 0.3) is 0 Å². The molecule has 0 amide bonds. The van der Waals surface area contributed by atoms with Crippen LogP contribution in [-0.4, -0.2) is 9.55 Å². The lowest BCUT2D eigenvalue weighted by atomic mass is 10.1. The largest absolute Gasteiger partial charge is 0.331 e. The van der Waals surface area contributed by atoms with Crippen LogP contribution in [0, 0.1) is 5.82 Å². The summed E-state index contributed by atoms with van der Waals surface area (Å²) in [6.07, 6.45) is 2.90. The van der Waals surface area contributed by atoms with Gasteiger partial charge in [-0.15, -0.1) is 0 Å². The summed E-state index contributed by atoms with van der Waals surface area (Å²) in [5.74, 6) is 0.928. The Balaban J connectivity index is 1.68. The molecule has 0 radical (unpaired) electrons. The van der Waals surface area contributed by atoms with Crippen LogP contribution in [0.25, 0.3) is 11.0 Å². The van der Waals surface area contributed by atoms with Crippen LogP contribution in [0.3, 0.4) is 0 Å². The molecule has 3 rings (SSSR count). The van der Waals surface area contributed by atoms with Crippen molar-refractivity contribution in [1.29, 1.82) is 0 Å². The highest BCUT2D eigenvalue weighted by molar-refractivity contribution is 5.75. The third-order valence-electron chi connectivity index (χ3n) is 3.66. The summed E-state index contributed by atoms with van der Waals surface area (Å²) in [6, 6.07) is 14.9. The van der Waals surface area contributed by atoms with Crippen LogP contribution in [0.4, 0.5) is 4.39 Å². The van der Waals surface area contributed by atoms with Gasteiger partial charge in [0.15, 0.2) is 0 Å². The minimum Gasteiger partial charge on any atom is -0.331 e. The van der Waals surface area contributed by atoms with Crippen LogP contribution in [0.1, 0.15) is 17.8 Å². The average Bonchev–Trinajstić information content (AvgIpc) is 2.78. The lowest BCUT2D eigenvalue weighted by Gasteiger charge is -2.03. The average molecular weight is 268 g/mol. The number of aryl methyl sites for hydroxylation is 3. The second-order valence-electron chi connectivity index (χ2n) is 5.06. The zero-order valence-corrected chi connectivity index (χ0v) is 11.5. The van der Waals surface area contributed by atoms with Crippen molar-refractivity contribution in [3.8, 4) is 0 Å². The molecule has 0 aliphatic heterocycles. The molecule has 3 aromatic rings. The molecule has 0 unspecified atom stereocenters. The highest BCUT2D eigenvalue weighted by Crippen LogP contribution is 2.16. The number of imidazole rings is 1. The maximum Gasteiger partial charge on any atom is 0.123 e. The molecule has 0 fully saturated rings. The number of benzene rings is 2. The van der Waals surface area contributed by atoms with Crippen molar-refractivity contribution < 1.29 is 4.39 Å². The van der Waals surface area contributed by atoms with Gasteiger partial charge in [0.05, 0.1) is 11.0 Å². The van der Waals surface area contributed by atoms with Crippen LogP contribution in [-0.2, 0) is 19.9 Å². The standard InChI is InChI=1S/C17H17FN2/c1-20-16-7-3-2-6-15(16)19-17(20)8-4-5-13-9-11-14(18)12-10-13/h2-3,6-7,9-12H,4-5,8H2,1H3. The molecule has 0 spiro atoms. The van der Waals surface area contributed by atoms with Gasteiger partial charge in [0, 0.05) is 13.5 Å². The zero-order chi connectivity index (χ0) is 13.9. The topological polar surface area (TPSA) is 17.8 Å². The third-order valence-corrected chi connectivity index (χ3v) is 3.66. The van der Waals surface area contributed by atoms with Gasteiger partial charge in [-0.1, -0.05) is 24.3 Å². The van der Waals surface area contributed by atoms with Gasteiger partial charge in [-0.3, -0.25) is 0 Å². The van der Waals surface area contributed by atoms with Crippen molar-refractivity contribution in [1.82, 2.24) is 9.55 Å². The lowest BCUT2D eigenvalue weighted by Crippen LogP contribution is -1.99. The molecular formula is C17H17FN2. The third kappa shape index (κ3) is 2.57. The van der Waals surface area contributed by atoms with Crippen LogP contribution < -0.4 is 0 Å². The van der Waals surface area contributed by atoms with Crippen LogP contribution in [0.15, 0.2) is 48.5 Å². The van der Waals surface area contributed by atoms with Crippen molar-refractivity contribution in [2.45, 2.75) is 19.3 Å². The Kier molecular flexibility index (Phi) is 3.50. The Hall–Kier alpha value is -2.16. The number of nitrogens with zero attached hydrogens (tertiary/aromatic N) is 2. The number of para-hydroxylation sites is 2. The number of hydrogen-bond acceptors (Lipinski definition) is 1. The van der Waals surface area contributed by atoms with E-state index in [-0.39, 0.29) is 5.82 Å². The molecule has 0 bridgehead atoms. The molecule has 0 aliphatic rings. The van der Waals surface area contributed by atoms with Gasteiger partial charge in [-0.05, 0) is 42.7 Å². The van der Waals surface area contributed by atoms with Crippen molar-refractivity contribution >= 4 is 11.0 Å². The second kappa shape index (κ2) is 5.45. The van der Waals surface area contributed by atoms with E-state index in [4.69, 9.17) is 0 Å². The summed E-state index contributed by atoms with van der Waals surface area (Å²) in [4.78, 5) is 4.66. The number of aromatic nitrogens is 2. The molecule has 0 saturated carbocycles. The monoisotopic (exact) mass is 268 g/mol.